The summed E-state index contributed by atoms with van der Waals surface area (Å²) in [6.45, 7) is 3.18. The summed E-state index contributed by atoms with van der Waals surface area (Å²) in [7, 11) is 0. The Hall–Kier alpha value is -0.780. The molecule has 0 aliphatic rings. The number of carboxylic acid groups (broad SMARTS) is 1. The molecular weight excluding hydrogens is 187 g/mol. The van der Waals surface area contributed by atoms with Gasteiger partial charge >= 0.3 is 12.1 Å². The number of hydrogen-bond acceptors (Lipinski definition) is 2. The van der Waals surface area contributed by atoms with Crippen molar-refractivity contribution in [2.24, 2.45) is 0 Å². The molecule has 0 fully saturated rings. The van der Waals surface area contributed by atoms with Crippen LogP contribution in [0.25, 0.3) is 0 Å². The Labute approximate surface area is 73.9 Å². The summed E-state index contributed by atoms with van der Waals surface area (Å²) in [5.41, 5.74) is 0. The van der Waals surface area contributed by atoms with Crippen molar-refractivity contribution in [2.45, 2.75) is 38.5 Å². The Kier molecular flexibility index (Phi) is 4.19. The fourth-order valence-corrected chi connectivity index (χ4v) is 0.851. The molecule has 0 aromatic carbocycles. The third-order valence-corrected chi connectivity index (χ3v) is 1.27. The van der Waals surface area contributed by atoms with Gasteiger partial charge in [-0.2, -0.15) is 13.2 Å². The topological polar surface area (TPSA) is 49.3 Å². The molecule has 2 N–H and O–H groups in total. The van der Waals surface area contributed by atoms with E-state index >= 15 is 0 Å². The van der Waals surface area contributed by atoms with E-state index in [0.717, 1.165) is 0 Å². The van der Waals surface area contributed by atoms with Crippen molar-refractivity contribution in [1.29, 1.82) is 0 Å². The summed E-state index contributed by atoms with van der Waals surface area (Å²) in [6.07, 6.45) is -5.80. The van der Waals surface area contributed by atoms with Crippen molar-refractivity contribution >= 4 is 5.97 Å². The Morgan fingerprint density at radius 3 is 2.15 bits per heavy atom. The molecule has 13 heavy (non-hydrogen) atoms. The van der Waals surface area contributed by atoms with Crippen LogP contribution in [0.1, 0.15) is 20.3 Å². The van der Waals surface area contributed by atoms with Gasteiger partial charge in [0.2, 0.25) is 0 Å². The zero-order chi connectivity index (χ0) is 10.6. The molecule has 6 heteroatoms. The molecule has 0 aromatic heterocycles. The molecule has 1 unspecified atom stereocenters. The van der Waals surface area contributed by atoms with Gasteiger partial charge in [-0.25, -0.2) is 0 Å². The highest BCUT2D eigenvalue weighted by atomic mass is 19.4. The summed E-state index contributed by atoms with van der Waals surface area (Å²) in [5.74, 6) is -1.48. The molecule has 78 valence electrons. The van der Waals surface area contributed by atoms with Crippen LogP contribution < -0.4 is 5.32 Å². The fraction of sp³-hybridized carbons (Fsp3) is 0.857. The Bertz CT molecular complexity index is 179. The smallest absolute Gasteiger partial charge is 0.391 e. The van der Waals surface area contributed by atoms with Crippen LogP contribution in [0.15, 0.2) is 0 Å². The maximum absolute atomic E-state index is 11.8. The number of hydrogen-bond donors (Lipinski definition) is 2. The first-order valence-corrected chi connectivity index (χ1v) is 3.78. The average Bonchev–Trinajstić information content (AvgIpc) is 1.81. The quantitative estimate of drug-likeness (QED) is 0.719. The van der Waals surface area contributed by atoms with Crippen molar-refractivity contribution in [2.75, 3.05) is 0 Å². The number of carbonyl (C=O) groups is 1. The highest BCUT2D eigenvalue weighted by Crippen LogP contribution is 2.21. The second-order valence-corrected chi connectivity index (χ2v) is 3.03. The third kappa shape index (κ3) is 6.39. The third-order valence-electron chi connectivity index (χ3n) is 1.27. The van der Waals surface area contributed by atoms with Gasteiger partial charge in [-0.05, 0) is 0 Å². The van der Waals surface area contributed by atoms with Crippen molar-refractivity contribution in [1.82, 2.24) is 5.32 Å². The normalized spacial score (nSPS) is 14.6. The molecule has 0 saturated heterocycles. The van der Waals surface area contributed by atoms with Gasteiger partial charge in [-0.3, -0.25) is 4.79 Å². The molecule has 1 atom stereocenters. The zero-order valence-electron chi connectivity index (χ0n) is 7.35. The first-order chi connectivity index (χ1) is 5.72. The molecule has 0 radical (unpaired) electrons. The van der Waals surface area contributed by atoms with Gasteiger partial charge in [0.1, 0.15) is 6.04 Å². The molecular formula is C7H12F3NO2. The van der Waals surface area contributed by atoms with E-state index in [9.17, 15) is 18.0 Å². The van der Waals surface area contributed by atoms with Gasteiger partial charge in [0.05, 0.1) is 6.42 Å². The van der Waals surface area contributed by atoms with Gasteiger partial charge in [0, 0.05) is 6.04 Å². The van der Waals surface area contributed by atoms with Gasteiger partial charge in [0.25, 0.3) is 0 Å². The summed E-state index contributed by atoms with van der Waals surface area (Å²) in [5, 5.41) is 10.7. The molecule has 3 nitrogen and oxygen atoms in total. The molecule has 0 heterocycles. The molecule has 0 amide bonds. The first kappa shape index (κ1) is 12.2. The second-order valence-electron chi connectivity index (χ2n) is 3.03. The molecule has 0 spiro atoms. The standard InChI is InChI=1S/C7H12F3NO2/c1-4(2)11-5(6(12)13)3-7(8,9)10/h4-5,11H,3H2,1-2H3,(H,12,13). The summed E-state index contributed by atoms with van der Waals surface area (Å²) < 4.78 is 35.4. The van der Waals surface area contributed by atoms with E-state index in [0.29, 0.717) is 0 Å². The van der Waals surface area contributed by atoms with Gasteiger partial charge < -0.3 is 10.4 Å². The van der Waals surface area contributed by atoms with Crippen molar-refractivity contribution in [3.05, 3.63) is 0 Å². The number of nitrogens with one attached hydrogen (secondary N) is 1. The van der Waals surface area contributed by atoms with Crippen LogP contribution in [-0.2, 0) is 4.79 Å². The van der Waals surface area contributed by atoms with Crippen LogP contribution in [0.3, 0.4) is 0 Å². The monoisotopic (exact) mass is 199 g/mol. The van der Waals surface area contributed by atoms with Gasteiger partial charge in [-0.15, -0.1) is 0 Å². The van der Waals surface area contributed by atoms with Crippen LogP contribution in [0, 0.1) is 0 Å². The number of halogens is 3. The highest BCUT2D eigenvalue weighted by molar-refractivity contribution is 5.73. The predicted molar refractivity (Wildman–Crippen MR) is 40.4 cm³/mol. The SMILES string of the molecule is CC(C)NC(CC(F)(F)F)C(=O)O. The van der Waals surface area contributed by atoms with Crippen LogP contribution in [0.2, 0.25) is 0 Å². The van der Waals surface area contributed by atoms with E-state index in [1.54, 1.807) is 13.8 Å². The molecule has 0 rings (SSSR count). The van der Waals surface area contributed by atoms with E-state index in [1.807, 2.05) is 0 Å². The van der Waals surface area contributed by atoms with E-state index in [1.165, 1.54) is 0 Å². The largest absolute Gasteiger partial charge is 0.480 e. The first-order valence-electron chi connectivity index (χ1n) is 3.78. The molecule has 0 saturated carbocycles. The van der Waals surface area contributed by atoms with Crippen molar-refractivity contribution in [3.63, 3.8) is 0 Å². The summed E-state index contributed by atoms with van der Waals surface area (Å²) in [6, 6.07) is -1.84. The van der Waals surface area contributed by atoms with Crippen LogP contribution >= 0.6 is 0 Å². The minimum absolute atomic E-state index is 0.288. The van der Waals surface area contributed by atoms with Crippen LogP contribution in [0.4, 0.5) is 13.2 Å². The van der Waals surface area contributed by atoms with Crippen LogP contribution in [0.5, 0.6) is 0 Å². The van der Waals surface area contributed by atoms with Gasteiger partial charge in [-0.1, -0.05) is 13.8 Å². The number of carboxylic acids is 1. The van der Waals surface area contributed by atoms with Crippen molar-refractivity contribution < 1.29 is 23.1 Å². The highest BCUT2D eigenvalue weighted by Gasteiger charge is 2.35. The fourth-order valence-electron chi connectivity index (χ4n) is 0.851. The summed E-state index contributed by atoms with van der Waals surface area (Å²) >= 11 is 0. The Balaban J connectivity index is 4.19. The Morgan fingerprint density at radius 2 is 1.92 bits per heavy atom. The molecule has 0 aromatic rings. The maximum atomic E-state index is 11.8. The minimum Gasteiger partial charge on any atom is -0.480 e. The Morgan fingerprint density at radius 1 is 1.46 bits per heavy atom. The lowest BCUT2D eigenvalue weighted by atomic mass is 10.2. The lowest BCUT2D eigenvalue weighted by Crippen LogP contribution is -2.43. The number of rotatable bonds is 4. The number of alkyl halides is 3. The second kappa shape index (κ2) is 4.45. The predicted octanol–water partition coefficient (Wildman–Crippen LogP) is 1.39. The molecule has 0 aliphatic carbocycles. The van der Waals surface area contributed by atoms with E-state index in [2.05, 4.69) is 5.32 Å². The zero-order valence-corrected chi connectivity index (χ0v) is 7.35. The van der Waals surface area contributed by atoms with E-state index in [-0.39, 0.29) is 6.04 Å². The summed E-state index contributed by atoms with van der Waals surface area (Å²) in [4.78, 5) is 10.4. The lowest BCUT2D eigenvalue weighted by molar-refractivity contribution is -0.158. The van der Waals surface area contributed by atoms with Gasteiger partial charge in [0.15, 0.2) is 0 Å². The lowest BCUT2D eigenvalue weighted by Gasteiger charge is -2.18. The van der Waals surface area contributed by atoms with Crippen LogP contribution in [-0.4, -0.2) is 29.3 Å². The molecule has 0 aliphatic heterocycles. The van der Waals surface area contributed by atoms with E-state index < -0.39 is 24.6 Å². The van der Waals surface area contributed by atoms with E-state index in [4.69, 9.17) is 5.11 Å². The van der Waals surface area contributed by atoms with Crippen molar-refractivity contribution in [3.8, 4) is 0 Å². The maximum Gasteiger partial charge on any atom is 0.391 e. The average molecular weight is 199 g/mol. The molecule has 0 bridgehead atoms. The minimum atomic E-state index is -4.45. The number of aliphatic carboxylic acids is 1.